The first-order chi connectivity index (χ1) is 8.63. The van der Waals surface area contributed by atoms with Gasteiger partial charge < -0.3 is 10.5 Å². The van der Waals surface area contributed by atoms with Crippen molar-refractivity contribution in [1.29, 1.82) is 0 Å². The lowest BCUT2D eigenvalue weighted by atomic mass is 9.99. The molecule has 0 saturated carbocycles. The van der Waals surface area contributed by atoms with Crippen LogP contribution in [0.4, 0.5) is 0 Å². The average Bonchev–Trinajstić information content (AvgIpc) is 2.41. The summed E-state index contributed by atoms with van der Waals surface area (Å²) in [6.07, 6.45) is 0. The van der Waals surface area contributed by atoms with Crippen molar-refractivity contribution in [3.8, 4) is 5.75 Å². The third-order valence-corrected chi connectivity index (χ3v) is 4.10. The summed E-state index contributed by atoms with van der Waals surface area (Å²) < 4.78 is 5.98. The van der Waals surface area contributed by atoms with Gasteiger partial charge in [0.1, 0.15) is 5.75 Å². The number of methoxy groups -OCH3 is 1. The van der Waals surface area contributed by atoms with Gasteiger partial charge in [-0.3, -0.25) is 0 Å². The highest BCUT2D eigenvalue weighted by Crippen LogP contribution is 2.32. The van der Waals surface area contributed by atoms with E-state index >= 15 is 0 Å². The number of halogens is 2. The van der Waals surface area contributed by atoms with Crippen molar-refractivity contribution in [2.24, 2.45) is 5.73 Å². The smallest absolute Gasteiger partial charge is 0.118 e. The molecular weight excluding hydrogens is 314 g/mol. The molecule has 0 aliphatic carbocycles. The number of hydrogen-bond donors (Lipinski definition) is 1. The maximum atomic E-state index is 6.24. The molecule has 2 N–H and O–H groups in total. The molecular formula is C14H13BrClNO. The van der Waals surface area contributed by atoms with Crippen molar-refractivity contribution in [3.63, 3.8) is 0 Å². The number of rotatable bonds is 3. The van der Waals surface area contributed by atoms with E-state index in [2.05, 4.69) is 15.9 Å². The standard InChI is InChI=1S/C14H13BrClNO/c1-18-10-7-5-9(6-8-10)14(17)11-3-2-4-12(15)13(11)16/h2-8,14H,17H2,1H3. The Kier molecular flexibility index (Phi) is 4.27. The summed E-state index contributed by atoms with van der Waals surface area (Å²) in [6.45, 7) is 0. The van der Waals surface area contributed by atoms with E-state index in [1.165, 1.54) is 0 Å². The summed E-state index contributed by atoms with van der Waals surface area (Å²) in [7, 11) is 1.64. The van der Waals surface area contributed by atoms with Crippen LogP contribution in [0.15, 0.2) is 46.9 Å². The summed E-state index contributed by atoms with van der Waals surface area (Å²) in [4.78, 5) is 0. The van der Waals surface area contributed by atoms with Crippen molar-refractivity contribution < 1.29 is 4.74 Å². The largest absolute Gasteiger partial charge is 0.497 e. The first-order valence-electron chi connectivity index (χ1n) is 5.47. The van der Waals surface area contributed by atoms with Gasteiger partial charge in [0.15, 0.2) is 0 Å². The molecule has 2 nitrogen and oxygen atoms in total. The van der Waals surface area contributed by atoms with Gasteiger partial charge in [-0.15, -0.1) is 0 Å². The van der Waals surface area contributed by atoms with Crippen molar-refractivity contribution in [2.75, 3.05) is 7.11 Å². The third kappa shape index (κ3) is 2.69. The second kappa shape index (κ2) is 5.74. The SMILES string of the molecule is COc1ccc(C(N)c2cccc(Br)c2Cl)cc1. The molecule has 1 atom stereocenters. The van der Waals surface area contributed by atoms with E-state index in [0.29, 0.717) is 5.02 Å². The molecule has 0 aliphatic rings. The lowest BCUT2D eigenvalue weighted by molar-refractivity contribution is 0.414. The Balaban J connectivity index is 2.35. The van der Waals surface area contributed by atoms with Crippen LogP contribution in [0.3, 0.4) is 0 Å². The minimum absolute atomic E-state index is 0.249. The van der Waals surface area contributed by atoms with E-state index in [0.717, 1.165) is 21.3 Å². The van der Waals surface area contributed by atoms with Crippen LogP contribution in [0.1, 0.15) is 17.2 Å². The minimum atomic E-state index is -0.249. The van der Waals surface area contributed by atoms with Gasteiger partial charge in [0.05, 0.1) is 18.2 Å². The summed E-state index contributed by atoms with van der Waals surface area (Å²) >= 11 is 9.65. The van der Waals surface area contributed by atoms with Gasteiger partial charge >= 0.3 is 0 Å². The monoisotopic (exact) mass is 325 g/mol. The highest BCUT2D eigenvalue weighted by Gasteiger charge is 2.14. The van der Waals surface area contributed by atoms with E-state index < -0.39 is 0 Å². The number of hydrogen-bond acceptors (Lipinski definition) is 2. The second-order valence-corrected chi connectivity index (χ2v) is 5.13. The predicted molar refractivity (Wildman–Crippen MR) is 78.2 cm³/mol. The molecule has 4 heteroatoms. The van der Waals surface area contributed by atoms with Gasteiger partial charge in [-0.2, -0.15) is 0 Å². The topological polar surface area (TPSA) is 35.2 Å². The Bertz CT molecular complexity index is 542. The quantitative estimate of drug-likeness (QED) is 0.919. The van der Waals surface area contributed by atoms with Crippen molar-refractivity contribution in [3.05, 3.63) is 63.1 Å². The highest BCUT2D eigenvalue weighted by molar-refractivity contribution is 9.10. The first kappa shape index (κ1) is 13.4. The highest BCUT2D eigenvalue weighted by atomic mass is 79.9. The fraction of sp³-hybridized carbons (Fsp3) is 0.143. The summed E-state index contributed by atoms with van der Waals surface area (Å²) in [5.74, 6) is 0.811. The molecule has 0 bridgehead atoms. The lowest BCUT2D eigenvalue weighted by Crippen LogP contribution is -2.12. The van der Waals surface area contributed by atoms with Gasteiger partial charge in [-0.05, 0) is 45.3 Å². The van der Waals surface area contributed by atoms with Crippen LogP contribution >= 0.6 is 27.5 Å². The van der Waals surface area contributed by atoms with Crippen LogP contribution in [0, 0.1) is 0 Å². The van der Waals surface area contributed by atoms with Crippen LogP contribution in [-0.4, -0.2) is 7.11 Å². The van der Waals surface area contributed by atoms with E-state index in [1.807, 2.05) is 42.5 Å². The summed E-state index contributed by atoms with van der Waals surface area (Å²) in [5.41, 5.74) is 8.13. The molecule has 0 spiro atoms. The minimum Gasteiger partial charge on any atom is -0.497 e. The van der Waals surface area contributed by atoms with Crippen molar-refractivity contribution in [2.45, 2.75) is 6.04 Å². The zero-order valence-electron chi connectivity index (χ0n) is 9.86. The zero-order valence-corrected chi connectivity index (χ0v) is 12.2. The summed E-state index contributed by atoms with van der Waals surface area (Å²) in [5, 5.41) is 0.654. The van der Waals surface area contributed by atoms with Gasteiger partial charge in [-0.1, -0.05) is 35.9 Å². The van der Waals surface area contributed by atoms with E-state index in [9.17, 15) is 0 Å². The van der Waals surface area contributed by atoms with Gasteiger partial charge in [0.2, 0.25) is 0 Å². The average molecular weight is 327 g/mol. The van der Waals surface area contributed by atoms with Crippen molar-refractivity contribution >= 4 is 27.5 Å². The van der Waals surface area contributed by atoms with Crippen LogP contribution in [0.2, 0.25) is 5.02 Å². The maximum Gasteiger partial charge on any atom is 0.118 e. The molecule has 2 aromatic carbocycles. The molecule has 0 heterocycles. The number of benzene rings is 2. The van der Waals surface area contributed by atoms with Crippen LogP contribution < -0.4 is 10.5 Å². The summed E-state index contributed by atoms with van der Waals surface area (Å²) in [6, 6.07) is 13.2. The van der Waals surface area contributed by atoms with Gasteiger partial charge in [-0.25, -0.2) is 0 Å². The molecule has 0 aliphatic heterocycles. The first-order valence-corrected chi connectivity index (χ1v) is 6.64. The van der Waals surface area contributed by atoms with E-state index in [4.69, 9.17) is 22.1 Å². The van der Waals surface area contributed by atoms with Gasteiger partial charge in [0, 0.05) is 4.47 Å². The molecule has 18 heavy (non-hydrogen) atoms. The number of nitrogens with two attached hydrogens (primary N) is 1. The fourth-order valence-electron chi connectivity index (χ4n) is 1.75. The normalized spacial score (nSPS) is 12.2. The molecule has 2 rings (SSSR count). The van der Waals surface area contributed by atoms with E-state index in [1.54, 1.807) is 7.11 Å². The van der Waals surface area contributed by atoms with Crippen LogP contribution in [-0.2, 0) is 0 Å². The fourth-order valence-corrected chi connectivity index (χ4v) is 2.38. The van der Waals surface area contributed by atoms with E-state index in [-0.39, 0.29) is 6.04 Å². The Morgan fingerprint density at radius 3 is 2.44 bits per heavy atom. The molecule has 0 fully saturated rings. The molecule has 0 amide bonds. The lowest BCUT2D eigenvalue weighted by Gasteiger charge is -2.15. The van der Waals surface area contributed by atoms with Gasteiger partial charge in [0.25, 0.3) is 0 Å². The Morgan fingerprint density at radius 2 is 1.83 bits per heavy atom. The van der Waals surface area contributed by atoms with Crippen LogP contribution in [0.5, 0.6) is 5.75 Å². The zero-order chi connectivity index (χ0) is 13.1. The molecule has 0 aromatic heterocycles. The van der Waals surface area contributed by atoms with Crippen LogP contribution in [0.25, 0.3) is 0 Å². The van der Waals surface area contributed by atoms with Crippen molar-refractivity contribution in [1.82, 2.24) is 0 Å². The number of ether oxygens (including phenoxy) is 1. The Labute approximate surface area is 120 Å². The predicted octanol–water partition coefficient (Wildman–Crippen LogP) is 4.16. The molecule has 2 aromatic rings. The molecule has 0 saturated heterocycles. The molecule has 94 valence electrons. The second-order valence-electron chi connectivity index (χ2n) is 3.89. The molecule has 0 radical (unpaired) electrons. The Hall–Kier alpha value is -1.03. The third-order valence-electron chi connectivity index (χ3n) is 2.79. The molecule has 1 unspecified atom stereocenters. The maximum absolute atomic E-state index is 6.24. The Morgan fingerprint density at radius 1 is 1.17 bits per heavy atom.